The number of hydrogen-bond acceptors (Lipinski definition) is 6. The van der Waals surface area contributed by atoms with Crippen molar-refractivity contribution in [2.75, 3.05) is 11.7 Å². The van der Waals surface area contributed by atoms with Crippen molar-refractivity contribution in [3.05, 3.63) is 83.5 Å². The highest BCUT2D eigenvalue weighted by Crippen LogP contribution is 2.34. The standard InChI is InChI=1S/C27H20I2N2O6/c1-14-3-5-18(7-15(14)2)31-26(33)19(25(32)30-27(31)34)8-17-9-20(28)24(21(29)10-17)35-12-16-4-6-22-23(11-16)37-13-36-22/h3-11H,12-13H2,1-2H3,(H,30,32,34)/b19-8+. The highest BCUT2D eigenvalue weighted by molar-refractivity contribution is 14.1. The van der Waals surface area contributed by atoms with Gasteiger partial charge in [0.05, 0.1) is 12.8 Å². The van der Waals surface area contributed by atoms with Gasteiger partial charge in [-0.15, -0.1) is 0 Å². The highest BCUT2D eigenvalue weighted by Gasteiger charge is 2.37. The van der Waals surface area contributed by atoms with Gasteiger partial charge in [0, 0.05) is 0 Å². The van der Waals surface area contributed by atoms with Gasteiger partial charge in [0.25, 0.3) is 11.8 Å². The minimum absolute atomic E-state index is 0.126. The lowest BCUT2D eigenvalue weighted by Gasteiger charge is -2.27. The number of fused-ring (bicyclic) bond motifs is 1. The Balaban J connectivity index is 1.39. The van der Waals surface area contributed by atoms with Crippen LogP contribution in [0.1, 0.15) is 22.3 Å². The van der Waals surface area contributed by atoms with Crippen molar-refractivity contribution >= 4 is 74.8 Å². The first-order valence-corrected chi connectivity index (χ1v) is 13.4. The van der Waals surface area contributed by atoms with E-state index in [4.69, 9.17) is 14.2 Å². The zero-order chi connectivity index (χ0) is 26.3. The monoisotopic (exact) mass is 722 g/mol. The predicted octanol–water partition coefficient (Wildman–Crippen LogP) is 5.49. The van der Waals surface area contributed by atoms with Crippen molar-refractivity contribution in [2.45, 2.75) is 20.5 Å². The van der Waals surface area contributed by atoms with Crippen LogP contribution in [0.25, 0.3) is 6.08 Å². The number of halogens is 2. The molecule has 1 fully saturated rings. The molecule has 188 valence electrons. The van der Waals surface area contributed by atoms with E-state index in [0.717, 1.165) is 28.7 Å². The zero-order valence-electron chi connectivity index (χ0n) is 19.8. The van der Waals surface area contributed by atoms with Gasteiger partial charge in [0.15, 0.2) is 11.5 Å². The Morgan fingerprint density at radius 3 is 2.41 bits per heavy atom. The van der Waals surface area contributed by atoms with Gasteiger partial charge in [-0.3, -0.25) is 14.9 Å². The largest absolute Gasteiger partial charge is 0.487 e. The van der Waals surface area contributed by atoms with Gasteiger partial charge < -0.3 is 14.2 Å². The summed E-state index contributed by atoms with van der Waals surface area (Å²) in [4.78, 5) is 39.4. The second-order valence-electron chi connectivity index (χ2n) is 8.52. The number of aryl methyl sites for hydroxylation is 2. The van der Waals surface area contributed by atoms with Crippen LogP contribution < -0.4 is 24.4 Å². The SMILES string of the molecule is Cc1ccc(N2C(=O)NC(=O)/C(=C\c3cc(I)c(OCc4ccc5c(c4)OCO5)c(I)c3)C2=O)cc1C. The van der Waals surface area contributed by atoms with Crippen molar-refractivity contribution in [2.24, 2.45) is 0 Å². The molecule has 0 saturated carbocycles. The number of nitrogens with one attached hydrogen (secondary N) is 1. The first-order valence-electron chi connectivity index (χ1n) is 11.2. The summed E-state index contributed by atoms with van der Waals surface area (Å²) in [5.74, 6) is 0.682. The van der Waals surface area contributed by atoms with Crippen LogP contribution in [0, 0.1) is 21.0 Å². The molecule has 1 N–H and O–H groups in total. The molecule has 0 unspecified atom stereocenters. The number of rotatable bonds is 5. The topological polar surface area (TPSA) is 94.2 Å². The minimum Gasteiger partial charge on any atom is -0.487 e. The molecule has 0 bridgehead atoms. The number of nitrogens with zero attached hydrogens (tertiary/aromatic N) is 1. The summed E-state index contributed by atoms with van der Waals surface area (Å²) in [7, 11) is 0. The second kappa shape index (κ2) is 10.3. The molecule has 3 aromatic carbocycles. The average molecular weight is 722 g/mol. The lowest BCUT2D eigenvalue weighted by molar-refractivity contribution is -0.122. The Hall–Kier alpha value is -3.13. The molecule has 2 aliphatic heterocycles. The number of hydrogen-bond donors (Lipinski definition) is 1. The molecule has 1 saturated heterocycles. The molecule has 10 heteroatoms. The van der Waals surface area contributed by atoms with Crippen LogP contribution in [0.15, 0.2) is 54.1 Å². The van der Waals surface area contributed by atoms with E-state index in [0.29, 0.717) is 35.1 Å². The van der Waals surface area contributed by atoms with E-state index in [1.54, 1.807) is 12.1 Å². The third-order valence-electron chi connectivity index (χ3n) is 6.00. The van der Waals surface area contributed by atoms with E-state index >= 15 is 0 Å². The Morgan fingerprint density at radius 1 is 0.946 bits per heavy atom. The molecular formula is C27H20I2N2O6. The zero-order valence-corrected chi connectivity index (χ0v) is 24.1. The van der Waals surface area contributed by atoms with Gasteiger partial charge in [0.2, 0.25) is 6.79 Å². The molecule has 4 amide bonds. The molecule has 2 heterocycles. The molecule has 0 aliphatic carbocycles. The number of barbiturate groups is 1. The Bertz CT molecular complexity index is 1480. The Labute approximate surface area is 240 Å². The van der Waals surface area contributed by atoms with Gasteiger partial charge in [-0.25, -0.2) is 9.69 Å². The van der Waals surface area contributed by atoms with Crippen molar-refractivity contribution in [3.63, 3.8) is 0 Å². The third kappa shape index (κ3) is 5.17. The van der Waals surface area contributed by atoms with Gasteiger partial charge in [-0.05, 0) is 124 Å². The summed E-state index contributed by atoms with van der Waals surface area (Å²) in [5.41, 5.74) is 3.81. The maximum atomic E-state index is 13.3. The number of anilines is 1. The van der Waals surface area contributed by atoms with Crippen molar-refractivity contribution in [1.82, 2.24) is 5.32 Å². The van der Waals surface area contributed by atoms with Crippen LogP contribution >= 0.6 is 45.2 Å². The fourth-order valence-corrected chi connectivity index (χ4v) is 6.04. The number of amides is 4. The fraction of sp³-hybridized carbons (Fsp3) is 0.148. The molecule has 0 atom stereocenters. The minimum atomic E-state index is -0.771. The van der Waals surface area contributed by atoms with Gasteiger partial charge in [-0.1, -0.05) is 12.1 Å². The van der Waals surface area contributed by atoms with E-state index in [9.17, 15) is 14.4 Å². The van der Waals surface area contributed by atoms with Gasteiger partial charge >= 0.3 is 6.03 Å². The maximum absolute atomic E-state index is 13.3. The molecule has 5 rings (SSSR count). The number of carbonyl (C=O) groups excluding carboxylic acids is 3. The van der Waals surface area contributed by atoms with E-state index < -0.39 is 17.8 Å². The first-order chi connectivity index (χ1) is 17.7. The third-order valence-corrected chi connectivity index (χ3v) is 7.60. The normalized spacial score (nSPS) is 15.8. The maximum Gasteiger partial charge on any atom is 0.335 e. The van der Waals surface area contributed by atoms with Crippen LogP contribution in [0.2, 0.25) is 0 Å². The fourth-order valence-electron chi connectivity index (χ4n) is 3.91. The van der Waals surface area contributed by atoms with Crippen LogP contribution in [-0.2, 0) is 16.2 Å². The summed E-state index contributed by atoms with van der Waals surface area (Å²) >= 11 is 4.32. The van der Waals surface area contributed by atoms with Crippen LogP contribution in [0.5, 0.6) is 17.2 Å². The molecule has 0 radical (unpaired) electrons. The predicted molar refractivity (Wildman–Crippen MR) is 154 cm³/mol. The summed E-state index contributed by atoms with van der Waals surface area (Å²) < 4.78 is 18.5. The van der Waals surface area contributed by atoms with E-state index in [1.165, 1.54) is 6.08 Å². The Morgan fingerprint density at radius 2 is 1.68 bits per heavy atom. The number of urea groups is 1. The molecule has 0 spiro atoms. The lowest BCUT2D eigenvalue weighted by atomic mass is 10.1. The molecule has 0 aromatic heterocycles. The summed E-state index contributed by atoms with van der Waals surface area (Å²) in [6, 6.07) is 13.8. The van der Waals surface area contributed by atoms with Gasteiger partial charge in [-0.2, -0.15) is 0 Å². The lowest BCUT2D eigenvalue weighted by Crippen LogP contribution is -2.54. The molecule has 37 heavy (non-hydrogen) atoms. The molecule has 2 aliphatic rings. The summed E-state index contributed by atoms with van der Waals surface area (Å²) in [6.45, 7) is 4.38. The smallest absolute Gasteiger partial charge is 0.335 e. The number of benzene rings is 3. The van der Waals surface area contributed by atoms with E-state index in [2.05, 4.69) is 50.5 Å². The highest BCUT2D eigenvalue weighted by atomic mass is 127. The van der Waals surface area contributed by atoms with Crippen molar-refractivity contribution in [1.29, 1.82) is 0 Å². The Kier molecular flexibility index (Phi) is 7.12. The first kappa shape index (κ1) is 25.5. The number of ether oxygens (including phenoxy) is 3. The van der Waals surface area contributed by atoms with Gasteiger partial charge in [0.1, 0.15) is 17.9 Å². The average Bonchev–Trinajstić information content (AvgIpc) is 3.31. The van der Waals surface area contributed by atoms with E-state index in [-0.39, 0.29) is 12.4 Å². The number of carbonyl (C=O) groups is 3. The summed E-state index contributed by atoms with van der Waals surface area (Å²) in [5, 5.41) is 2.27. The summed E-state index contributed by atoms with van der Waals surface area (Å²) in [6.07, 6.45) is 1.49. The van der Waals surface area contributed by atoms with Crippen LogP contribution in [0.3, 0.4) is 0 Å². The number of imide groups is 2. The van der Waals surface area contributed by atoms with E-state index in [1.807, 2.05) is 50.2 Å². The second-order valence-corrected chi connectivity index (χ2v) is 10.8. The molecule has 3 aromatic rings. The van der Waals surface area contributed by atoms with Crippen molar-refractivity contribution in [3.8, 4) is 17.2 Å². The van der Waals surface area contributed by atoms with Crippen LogP contribution in [0.4, 0.5) is 10.5 Å². The van der Waals surface area contributed by atoms with Crippen LogP contribution in [-0.4, -0.2) is 24.6 Å². The molecule has 8 nitrogen and oxygen atoms in total. The molecular weight excluding hydrogens is 702 g/mol. The van der Waals surface area contributed by atoms with Crippen molar-refractivity contribution < 1.29 is 28.6 Å². The quantitative estimate of drug-likeness (QED) is 0.213.